The van der Waals surface area contributed by atoms with Crippen LogP contribution in [0.5, 0.6) is 0 Å². The number of aromatic nitrogens is 1. The fourth-order valence-electron chi connectivity index (χ4n) is 3.99. The van der Waals surface area contributed by atoms with Gasteiger partial charge in [0.2, 0.25) is 0 Å². The van der Waals surface area contributed by atoms with Crippen LogP contribution < -0.4 is 5.43 Å². The Kier molecular flexibility index (Phi) is 4.52. The molecule has 4 rings (SSSR count). The molecule has 1 amide bonds. The highest BCUT2D eigenvalue weighted by molar-refractivity contribution is 5.87. The first kappa shape index (κ1) is 18.7. The number of carbonyl (C=O) groups is 2. The van der Waals surface area contributed by atoms with Gasteiger partial charge in [-0.2, -0.15) is 0 Å². The summed E-state index contributed by atoms with van der Waals surface area (Å²) in [5, 5.41) is 0.557. The van der Waals surface area contributed by atoms with Crippen molar-refractivity contribution in [2.75, 3.05) is 6.54 Å². The summed E-state index contributed by atoms with van der Waals surface area (Å²) in [5.74, 6) is 0. The van der Waals surface area contributed by atoms with Gasteiger partial charge in [-0.15, -0.1) is 0 Å². The van der Waals surface area contributed by atoms with E-state index in [2.05, 4.69) is 4.57 Å². The molecule has 1 saturated carbocycles. The summed E-state index contributed by atoms with van der Waals surface area (Å²) in [4.78, 5) is 38.3. The van der Waals surface area contributed by atoms with E-state index in [0.717, 1.165) is 36.8 Å². The third-order valence-electron chi connectivity index (χ3n) is 5.42. The van der Waals surface area contributed by atoms with Gasteiger partial charge in [-0.25, -0.2) is 4.79 Å². The van der Waals surface area contributed by atoms with Gasteiger partial charge in [0.05, 0.1) is 17.1 Å². The highest BCUT2D eigenvalue weighted by Gasteiger charge is 2.34. The molecule has 0 radical (unpaired) electrons. The Morgan fingerprint density at radius 3 is 2.61 bits per heavy atom. The van der Waals surface area contributed by atoms with Gasteiger partial charge in [-0.05, 0) is 64.2 Å². The van der Waals surface area contributed by atoms with Crippen molar-refractivity contribution in [3.05, 3.63) is 45.7 Å². The Bertz CT molecular complexity index is 998. The van der Waals surface area contributed by atoms with E-state index in [1.165, 1.54) is 0 Å². The summed E-state index contributed by atoms with van der Waals surface area (Å²) >= 11 is 0. The number of aldehydes is 1. The van der Waals surface area contributed by atoms with Crippen molar-refractivity contribution in [2.24, 2.45) is 0 Å². The van der Waals surface area contributed by atoms with Gasteiger partial charge in [0.15, 0.2) is 11.7 Å². The molecule has 1 aliphatic carbocycles. The van der Waals surface area contributed by atoms with Gasteiger partial charge in [0, 0.05) is 24.2 Å². The van der Waals surface area contributed by atoms with E-state index in [0.29, 0.717) is 24.3 Å². The molecule has 0 spiro atoms. The molecule has 1 aromatic heterocycles. The van der Waals surface area contributed by atoms with Gasteiger partial charge >= 0.3 is 6.09 Å². The first-order chi connectivity index (χ1) is 13.3. The van der Waals surface area contributed by atoms with E-state index in [-0.39, 0.29) is 23.1 Å². The van der Waals surface area contributed by atoms with Crippen LogP contribution in [0.2, 0.25) is 0 Å². The smallest absolute Gasteiger partial charge is 0.410 e. The lowest BCUT2D eigenvalue weighted by molar-refractivity contribution is 0.0224. The molecule has 1 atom stereocenters. The Labute approximate surface area is 164 Å². The van der Waals surface area contributed by atoms with Crippen LogP contribution in [0.15, 0.2) is 29.2 Å². The van der Waals surface area contributed by atoms with Crippen molar-refractivity contribution in [2.45, 2.75) is 64.1 Å². The third-order valence-corrected chi connectivity index (χ3v) is 5.42. The van der Waals surface area contributed by atoms with Crippen molar-refractivity contribution < 1.29 is 14.3 Å². The topological polar surface area (TPSA) is 68.6 Å². The normalized spacial score (nSPS) is 19.8. The maximum Gasteiger partial charge on any atom is 0.410 e. The van der Waals surface area contributed by atoms with Crippen LogP contribution in [0.3, 0.4) is 0 Å². The van der Waals surface area contributed by atoms with Gasteiger partial charge in [0.25, 0.3) is 0 Å². The molecule has 1 aromatic carbocycles. The highest BCUT2D eigenvalue weighted by atomic mass is 16.6. The average molecular weight is 382 g/mol. The Morgan fingerprint density at radius 2 is 1.96 bits per heavy atom. The zero-order valence-electron chi connectivity index (χ0n) is 16.6. The number of carbonyl (C=O) groups excluding carboxylic acids is 2. The molecule has 6 heteroatoms. The standard InChI is InChI=1S/C22H26N2O4/c1-22(2,3)28-21(27)23-10-4-5-18(23)14-6-9-17-19(11-14)24(16-7-8-16)12-15(13-25)20(17)26/h6,9,11-13,16,18H,4-5,7-8,10H2,1-3H3. The maximum absolute atomic E-state index is 12.6. The van der Waals surface area contributed by atoms with Crippen LogP contribution in [0.1, 0.15) is 74.5 Å². The molecule has 6 nitrogen and oxygen atoms in total. The molecule has 2 fully saturated rings. The van der Waals surface area contributed by atoms with Gasteiger partial charge < -0.3 is 14.2 Å². The minimum Gasteiger partial charge on any atom is -0.444 e. The van der Waals surface area contributed by atoms with Gasteiger partial charge in [0.1, 0.15) is 5.60 Å². The molecule has 1 saturated heterocycles. The summed E-state index contributed by atoms with van der Waals surface area (Å²) in [5.41, 5.74) is 1.27. The van der Waals surface area contributed by atoms with Crippen molar-refractivity contribution in [3.63, 3.8) is 0 Å². The Balaban J connectivity index is 1.75. The number of amides is 1. The van der Waals surface area contributed by atoms with Crippen LogP contribution in [0.25, 0.3) is 10.9 Å². The molecule has 2 aliphatic rings. The molecule has 148 valence electrons. The molecular weight excluding hydrogens is 356 g/mol. The van der Waals surface area contributed by atoms with Crippen LogP contribution in [0, 0.1) is 0 Å². The van der Waals surface area contributed by atoms with E-state index in [9.17, 15) is 14.4 Å². The van der Waals surface area contributed by atoms with Crippen molar-refractivity contribution in [3.8, 4) is 0 Å². The second-order valence-electron chi connectivity index (χ2n) is 8.78. The Morgan fingerprint density at radius 1 is 1.21 bits per heavy atom. The summed E-state index contributed by atoms with van der Waals surface area (Å²) in [7, 11) is 0. The monoisotopic (exact) mass is 382 g/mol. The first-order valence-corrected chi connectivity index (χ1v) is 9.92. The van der Waals surface area contributed by atoms with E-state index >= 15 is 0 Å². The number of pyridine rings is 1. The minimum absolute atomic E-state index is 0.0623. The maximum atomic E-state index is 12.6. The van der Waals surface area contributed by atoms with E-state index < -0.39 is 5.60 Å². The number of benzene rings is 1. The van der Waals surface area contributed by atoms with Crippen LogP contribution in [0.4, 0.5) is 4.79 Å². The lowest BCUT2D eigenvalue weighted by Crippen LogP contribution is -2.36. The molecule has 2 aromatic rings. The summed E-state index contributed by atoms with van der Waals surface area (Å²) < 4.78 is 7.63. The number of likely N-dealkylation sites (tertiary alicyclic amines) is 1. The fourth-order valence-corrected chi connectivity index (χ4v) is 3.99. The quantitative estimate of drug-likeness (QED) is 0.746. The zero-order valence-corrected chi connectivity index (χ0v) is 16.6. The SMILES string of the molecule is CC(C)(C)OC(=O)N1CCCC1c1ccc2c(=O)c(C=O)cn(C3CC3)c2c1. The zero-order chi connectivity index (χ0) is 20.1. The first-order valence-electron chi connectivity index (χ1n) is 9.92. The van der Waals surface area contributed by atoms with Gasteiger partial charge in [-0.3, -0.25) is 9.59 Å². The predicted octanol–water partition coefficient (Wildman–Crippen LogP) is 4.22. The summed E-state index contributed by atoms with van der Waals surface area (Å²) in [6, 6.07) is 5.99. The van der Waals surface area contributed by atoms with Crippen molar-refractivity contribution in [1.82, 2.24) is 9.47 Å². The number of rotatable bonds is 3. The molecular formula is C22H26N2O4. The molecule has 0 bridgehead atoms. The highest BCUT2D eigenvalue weighted by Crippen LogP contribution is 2.39. The third kappa shape index (κ3) is 3.43. The lowest BCUT2D eigenvalue weighted by Gasteiger charge is -2.29. The number of hydrogen-bond donors (Lipinski definition) is 0. The fraction of sp³-hybridized carbons (Fsp3) is 0.500. The molecule has 0 N–H and O–H groups in total. The minimum atomic E-state index is -0.536. The predicted molar refractivity (Wildman–Crippen MR) is 107 cm³/mol. The Hall–Kier alpha value is -2.63. The van der Waals surface area contributed by atoms with Crippen LogP contribution in [-0.4, -0.2) is 34.0 Å². The van der Waals surface area contributed by atoms with Crippen molar-refractivity contribution >= 4 is 23.3 Å². The lowest BCUT2D eigenvalue weighted by atomic mass is 10.0. The number of fused-ring (bicyclic) bond motifs is 1. The van der Waals surface area contributed by atoms with Crippen LogP contribution >= 0.6 is 0 Å². The van der Waals surface area contributed by atoms with E-state index in [4.69, 9.17) is 4.74 Å². The second kappa shape index (κ2) is 6.76. The number of ether oxygens (including phenoxy) is 1. The second-order valence-corrected chi connectivity index (χ2v) is 8.78. The largest absolute Gasteiger partial charge is 0.444 e. The van der Waals surface area contributed by atoms with Gasteiger partial charge in [-0.1, -0.05) is 6.07 Å². The number of hydrogen-bond acceptors (Lipinski definition) is 4. The summed E-state index contributed by atoms with van der Waals surface area (Å²) in [6.07, 6.45) is 5.90. The molecule has 28 heavy (non-hydrogen) atoms. The summed E-state index contributed by atoms with van der Waals surface area (Å²) in [6.45, 7) is 6.26. The van der Waals surface area contributed by atoms with Crippen molar-refractivity contribution in [1.29, 1.82) is 0 Å². The number of nitrogens with zero attached hydrogens (tertiary/aromatic N) is 2. The average Bonchev–Trinajstić information content (AvgIpc) is 3.35. The van der Waals surface area contributed by atoms with E-state index in [1.54, 1.807) is 17.2 Å². The molecule has 1 unspecified atom stereocenters. The van der Waals surface area contributed by atoms with Crippen LogP contribution in [-0.2, 0) is 4.74 Å². The molecule has 1 aliphatic heterocycles. The molecule has 2 heterocycles. The van der Waals surface area contributed by atoms with E-state index in [1.807, 2.05) is 32.9 Å².